The molecule has 1 fully saturated rings. The zero-order valence-corrected chi connectivity index (χ0v) is 12.8. The summed E-state index contributed by atoms with van der Waals surface area (Å²) in [6, 6.07) is 2.51. The minimum atomic E-state index is -0.565. The minimum Gasteiger partial charge on any atom is -0.481 e. The van der Waals surface area contributed by atoms with Crippen LogP contribution in [0.25, 0.3) is 0 Å². The van der Waals surface area contributed by atoms with Crippen molar-refractivity contribution in [2.45, 2.75) is 30.9 Å². The third kappa shape index (κ3) is 3.11. The Morgan fingerprint density at radius 1 is 1.40 bits per heavy atom. The van der Waals surface area contributed by atoms with Crippen LogP contribution in [0.3, 0.4) is 0 Å². The van der Waals surface area contributed by atoms with Gasteiger partial charge in [-0.05, 0) is 6.92 Å². The van der Waals surface area contributed by atoms with E-state index in [0.717, 1.165) is 0 Å². The third-order valence-electron chi connectivity index (χ3n) is 3.02. The highest BCUT2D eigenvalue weighted by Crippen LogP contribution is 2.39. The van der Waals surface area contributed by atoms with Crippen LogP contribution in [0.5, 0.6) is 5.75 Å². The van der Waals surface area contributed by atoms with E-state index < -0.39 is 4.92 Å². The second kappa shape index (κ2) is 6.35. The van der Waals surface area contributed by atoms with Crippen LogP contribution in [0.4, 0.5) is 5.69 Å². The lowest BCUT2D eigenvalue weighted by atomic mass is 9.91. The molecule has 0 heterocycles. The van der Waals surface area contributed by atoms with Crippen molar-refractivity contribution in [3.8, 4) is 5.75 Å². The van der Waals surface area contributed by atoms with E-state index in [2.05, 4.69) is 0 Å². The molecule has 3 unspecified atom stereocenters. The number of nitrogens with zero attached hydrogens (tertiary/aromatic N) is 1. The number of halogens is 3. The molecule has 0 aliphatic heterocycles. The Morgan fingerprint density at radius 2 is 2.05 bits per heavy atom. The highest BCUT2D eigenvalue weighted by Gasteiger charge is 2.43. The third-order valence-corrected chi connectivity index (χ3v) is 4.17. The lowest BCUT2D eigenvalue weighted by Crippen LogP contribution is -2.52. The first-order valence-electron chi connectivity index (χ1n) is 5.99. The summed E-state index contributed by atoms with van der Waals surface area (Å²) in [5, 5.41) is 11.2. The molecule has 0 saturated heterocycles. The summed E-state index contributed by atoms with van der Waals surface area (Å²) in [5.41, 5.74) is -0.229. The van der Waals surface area contributed by atoms with Crippen LogP contribution < -0.4 is 4.74 Å². The van der Waals surface area contributed by atoms with Crippen LogP contribution in [-0.4, -0.2) is 29.1 Å². The van der Waals surface area contributed by atoms with Crippen molar-refractivity contribution in [1.82, 2.24) is 0 Å². The van der Waals surface area contributed by atoms with Gasteiger partial charge in [-0.1, -0.05) is 23.2 Å². The topological polar surface area (TPSA) is 61.6 Å². The first kappa shape index (κ1) is 15.6. The Labute approximate surface area is 130 Å². The molecule has 0 spiro atoms. The largest absolute Gasteiger partial charge is 0.481 e. The molecule has 1 aliphatic carbocycles. The van der Waals surface area contributed by atoms with Crippen molar-refractivity contribution in [2.75, 3.05) is 6.61 Å². The van der Waals surface area contributed by atoms with E-state index in [9.17, 15) is 10.1 Å². The summed E-state index contributed by atoms with van der Waals surface area (Å²) in [6.45, 7) is 2.35. The van der Waals surface area contributed by atoms with Crippen LogP contribution in [0.15, 0.2) is 12.1 Å². The van der Waals surface area contributed by atoms with Gasteiger partial charge in [0, 0.05) is 25.2 Å². The molecule has 0 bridgehead atoms. The van der Waals surface area contributed by atoms with E-state index in [1.54, 1.807) is 0 Å². The summed E-state index contributed by atoms with van der Waals surface area (Å²) in [5.74, 6) is 0.0719. The predicted octanol–water partition coefficient (Wildman–Crippen LogP) is 4.07. The molecule has 1 aliphatic rings. The maximum Gasteiger partial charge on any atom is 0.312 e. The SMILES string of the molecule is CCOC1C(Cl)CC1Oc1cc(Cl)c(Cl)cc1[N+](=O)[O-]. The quantitative estimate of drug-likeness (QED) is 0.460. The smallest absolute Gasteiger partial charge is 0.312 e. The molecular weight excluding hydrogens is 328 g/mol. The average molecular weight is 341 g/mol. The van der Waals surface area contributed by atoms with Gasteiger partial charge in [0.15, 0.2) is 5.75 Å². The molecule has 0 aromatic heterocycles. The standard InChI is InChI=1S/C12H12Cl3NO4/c1-2-19-12-8(15)5-11(12)20-10-4-7(14)6(13)3-9(10)16(17)18/h3-4,8,11-12H,2,5H2,1H3. The lowest BCUT2D eigenvalue weighted by molar-refractivity contribution is -0.386. The molecule has 5 nitrogen and oxygen atoms in total. The Hall–Kier alpha value is -0.750. The number of alkyl halides is 1. The number of nitro benzene ring substituents is 1. The first-order chi connectivity index (χ1) is 9.43. The number of benzene rings is 1. The van der Waals surface area contributed by atoms with Crippen molar-refractivity contribution in [3.05, 3.63) is 32.3 Å². The van der Waals surface area contributed by atoms with Crippen molar-refractivity contribution < 1.29 is 14.4 Å². The van der Waals surface area contributed by atoms with Gasteiger partial charge >= 0.3 is 5.69 Å². The molecule has 8 heteroatoms. The van der Waals surface area contributed by atoms with E-state index in [4.69, 9.17) is 44.3 Å². The molecule has 1 aromatic carbocycles. The van der Waals surface area contributed by atoms with Gasteiger partial charge < -0.3 is 9.47 Å². The van der Waals surface area contributed by atoms with Crippen LogP contribution in [-0.2, 0) is 4.74 Å². The van der Waals surface area contributed by atoms with Crippen LogP contribution >= 0.6 is 34.8 Å². The predicted molar refractivity (Wildman–Crippen MR) is 77.2 cm³/mol. The molecule has 110 valence electrons. The summed E-state index contributed by atoms with van der Waals surface area (Å²) in [7, 11) is 0. The van der Waals surface area contributed by atoms with Gasteiger partial charge in [0.1, 0.15) is 12.2 Å². The summed E-state index contributed by atoms with van der Waals surface area (Å²) < 4.78 is 11.1. The van der Waals surface area contributed by atoms with E-state index in [-0.39, 0.29) is 39.1 Å². The van der Waals surface area contributed by atoms with E-state index in [0.29, 0.717) is 13.0 Å². The highest BCUT2D eigenvalue weighted by atomic mass is 35.5. The van der Waals surface area contributed by atoms with E-state index in [1.165, 1.54) is 12.1 Å². The van der Waals surface area contributed by atoms with Gasteiger partial charge in [0.05, 0.1) is 20.3 Å². The Morgan fingerprint density at radius 3 is 2.60 bits per heavy atom. The normalized spacial score (nSPS) is 25.1. The zero-order valence-electron chi connectivity index (χ0n) is 10.5. The summed E-state index contributed by atoms with van der Waals surface area (Å²) >= 11 is 17.7. The summed E-state index contributed by atoms with van der Waals surface area (Å²) in [4.78, 5) is 10.4. The van der Waals surface area contributed by atoms with Gasteiger partial charge in [-0.2, -0.15) is 0 Å². The number of hydrogen-bond donors (Lipinski definition) is 0. The highest BCUT2D eigenvalue weighted by molar-refractivity contribution is 6.42. The van der Waals surface area contributed by atoms with Gasteiger partial charge in [0.2, 0.25) is 0 Å². The molecule has 0 N–H and O–H groups in total. The van der Waals surface area contributed by atoms with Crippen molar-refractivity contribution in [3.63, 3.8) is 0 Å². The summed E-state index contributed by atoms with van der Waals surface area (Å²) in [6.07, 6.45) is -0.0482. The van der Waals surface area contributed by atoms with E-state index >= 15 is 0 Å². The molecule has 1 saturated carbocycles. The van der Waals surface area contributed by atoms with Gasteiger partial charge in [0.25, 0.3) is 0 Å². The maximum atomic E-state index is 11.0. The first-order valence-corrected chi connectivity index (χ1v) is 7.19. The van der Waals surface area contributed by atoms with Crippen LogP contribution in [0.1, 0.15) is 13.3 Å². The van der Waals surface area contributed by atoms with Crippen LogP contribution in [0.2, 0.25) is 10.0 Å². The second-order valence-electron chi connectivity index (χ2n) is 4.32. The van der Waals surface area contributed by atoms with Gasteiger partial charge in [-0.15, -0.1) is 11.6 Å². The maximum absolute atomic E-state index is 11.0. The molecule has 20 heavy (non-hydrogen) atoms. The molecular formula is C12H12Cl3NO4. The van der Waals surface area contributed by atoms with Gasteiger partial charge in [-0.3, -0.25) is 10.1 Å². The molecule has 0 amide bonds. The fraction of sp³-hybridized carbons (Fsp3) is 0.500. The lowest BCUT2D eigenvalue weighted by Gasteiger charge is -2.40. The number of rotatable bonds is 5. The molecule has 1 aromatic rings. The monoisotopic (exact) mass is 339 g/mol. The van der Waals surface area contributed by atoms with Crippen LogP contribution in [0, 0.1) is 10.1 Å². The second-order valence-corrected chi connectivity index (χ2v) is 5.69. The van der Waals surface area contributed by atoms with Crippen molar-refractivity contribution in [2.24, 2.45) is 0 Å². The van der Waals surface area contributed by atoms with Gasteiger partial charge in [-0.25, -0.2) is 0 Å². The number of hydrogen-bond acceptors (Lipinski definition) is 4. The Bertz CT molecular complexity index is 526. The Balaban J connectivity index is 2.21. The number of ether oxygens (including phenoxy) is 2. The fourth-order valence-corrected chi connectivity index (χ4v) is 2.69. The molecule has 2 rings (SSSR count). The molecule has 0 radical (unpaired) electrons. The molecule has 3 atom stereocenters. The van der Waals surface area contributed by atoms with Crippen molar-refractivity contribution >= 4 is 40.5 Å². The minimum absolute atomic E-state index is 0.0719. The average Bonchev–Trinajstić information content (AvgIpc) is 2.39. The Kier molecular flexibility index (Phi) is 4.96. The number of nitro groups is 1. The van der Waals surface area contributed by atoms with E-state index in [1.807, 2.05) is 6.92 Å². The fourth-order valence-electron chi connectivity index (χ4n) is 1.96. The zero-order chi connectivity index (χ0) is 14.9. The van der Waals surface area contributed by atoms with Crippen molar-refractivity contribution in [1.29, 1.82) is 0 Å².